The molecule has 21 heavy (non-hydrogen) atoms. The van der Waals surface area contributed by atoms with E-state index in [0.717, 1.165) is 19.3 Å². The van der Waals surface area contributed by atoms with Crippen molar-refractivity contribution in [1.29, 1.82) is 0 Å². The molecule has 0 saturated heterocycles. The van der Waals surface area contributed by atoms with Crippen molar-refractivity contribution < 1.29 is 14.3 Å². The van der Waals surface area contributed by atoms with Crippen LogP contribution >= 0.6 is 0 Å². The Kier molecular flexibility index (Phi) is 5.60. The van der Waals surface area contributed by atoms with Crippen molar-refractivity contribution in [3.8, 4) is 5.75 Å². The van der Waals surface area contributed by atoms with Gasteiger partial charge in [0, 0.05) is 6.04 Å². The van der Waals surface area contributed by atoms with Gasteiger partial charge >= 0.3 is 6.09 Å². The number of amides is 2. The zero-order valence-electron chi connectivity index (χ0n) is 12.3. The highest BCUT2D eigenvalue weighted by Crippen LogP contribution is 2.23. The Hall–Kier alpha value is -2.04. The van der Waals surface area contributed by atoms with Crippen LogP contribution in [0.15, 0.2) is 30.3 Å². The zero-order chi connectivity index (χ0) is 15.1. The molecule has 0 radical (unpaired) electrons. The molecule has 2 amide bonds. The van der Waals surface area contributed by atoms with E-state index in [0.29, 0.717) is 11.7 Å². The highest BCUT2D eigenvalue weighted by atomic mass is 16.6. The van der Waals surface area contributed by atoms with E-state index in [1.807, 2.05) is 6.07 Å². The van der Waals surface area contributed by atoms with Gasteiger partial charge in [-0.05, 0) is 30.9 Å². The predicted octanol–water partition coefficient (Wildman–Crippen LogP) is 2.47. The maximum absolute atomic E-state index is 11.8. The smallest absolute Gasteiger partial charge is 0.410 e. The highest BCUT2D eigenvalue weighted by Gasteiger charge is 2.22. The molecule has 1 aliphatic rings. The molecule has 1 aromatic carbocycles. The van der Waals surface area contributed by atoms with Gasteiger partial charge in [-0.2, -0.15) is 0 Å². The minimum absolute atomic E-state index is 0.0606. The second kappa shape index (κ2) is 7.67. The quantitative estimate of drug-likeness (QED) is 0.895. The molecule has 0 heterocycles. The minimum Gasteiger partial charge on any atom is -0.410 e. The zero-order valence-corrected chi connectivity index (χ0v) is 12.3. The Balaban J connectivity index is 1.69. The fraction of sp³-hybridized carbons (Fsp3) is 0.500. The number of carbonyl (C=O) groups is 2. The van der Waals surface area contributed by atoms with Crippen molar-refractivity contribution in [3.05, 3.63) is 30.3 Å². The minimum atomic E-state index is -0.618. The second-order valence-electron chi connectivity index (χ2n) is 5.49. The third-order valence-corrected chi connectivity index (χ3v) is 3.80. The summed E-state index contributed by atoms with van der Waals surface area (Å²) in [5.74, 6) is 0.786. The first-order valence-electron chi connectivity index (χ1n) is 7.45. The summed E-state index contributed by atoms with van der Waals surface area (Å²) in [6.07, 6.45) is 3.93. The average molecular weight is 290 g/mol. The SMILES string of the molecule is C[C@H]1CCCC[C@H]1NC(=O)CNC(=O)Oc1ccccc1. The van der Waals surface area contributed by atoms with E-state index >= 15 is 0 Å². The Morgan fingerprint density at radius 3 is 2.62 bits per heavy atom. The normalized spacial score (nSPS) is 21.4. The van der Waals surface area contributed by atoms with Crippen LogP contribution in [0, 0.1) is 5.92 Å². The maximum Gasteiger partial charge on any atom is 0.413 e. The van der Waals surface area contributed by atoms with Gasteiger partial charge in [0.25, 0.3) is 0 Å². The molecule has 5 heteroatoms. The molecule has 0 unspecified atom stereocenters. The molecule has 5 nitrogen and oxygen atoms in total. The van der Waals surface area contributed by atoms with E-state index in [1.165, 1.54) is 6.42 Å². The van der Waals surface area contributed by atoms with E-state index < -0.39 is 6.09 Å². The summed E-state index contributed by atoms with van der Waals surface area (Å²) >= 11 is 0. The number of rotatable bonds is 4. The molecular formula is C16H22N2O3. The third-order valence-electron chi connectivity index (χ3n) is 3.80. The van der Waals surface area contributed by atoms with Crippen LogP contribution in [0.4, 0.5) is 4.79 Å². The van der Waals surface area contributed by atoms with E-state index in [-0.39, 0.29) is 18.5 Å². The van der Waals surface area contributed by atoms with Gasteiger partial charge in [-0.15, -0.1) is 0 Å². The van der Waals surface area contributed by atoms with Gasteiger partial charge < -0.3 is 15.4 Å². The second-order valence-corrected chi connectivity index (χ2v) is 5.49. The van der Waals surface area contributed by atoms with Crippen LogP contribution < -0.4 is 15.4 Å². The van der Waals surface area contributed by atoms with E-state index in [9.17, 15) is 9.59 Å². The molecule has 114 valence electrons. The molecule has 0 aliphatic heterocycles. The van der Waals surface area contributed by atoms with Gasteiger partial charge in [0.05, 0.1) is 0 Å². The van der Waals surface area contributed by atoms with Crippen LogP contribution in [0.5, 0.6) is 5.75 Å². The summed E-state index contributed by atoms with van der Waals surface area (Å²) in [5, 5.41) is 5.44. The lowest BCUT2D eigenvalue weighted by molar-refractivity contribution is -0.121. The third kappa shape index (κ3) is 5.10. The predicted molar refractivity (Wildman–Crippen MR) is 80.0 cm³/mol. The lowest BCUT2D eigenvalue weighted by Gasteiger charge is -2.29. The standard InChI is InChI=1S/C16H22N2O3/c1-12-7-5-6-10-14(12)18-15(19)11-17-16(20)21-13-8-3-2-4-9-13/h2-4,8-9,12,14H,5-7,10-11H2,1H3,(H,17,20)(H,18,19)/t12-,14+/m0/s1. The Morgan fingerprint density at radius 2 is 1.90 bits per heavy atom. The molecule has 2 N–H and O–H groups in total. The Morgan fingerprint density at radius 1 is 1.19 bits per heavy atom. The van der Waals surface area contributed by atoms with Crippen molar-refractivity contribution in [2.75, 3.05) is 6.54 Å². The molecule has 2 atom stereocenters. The van der Waals surface area contributed by atoms with Crippen molar-refractivity contribution in [2.24, 2.45) is 5.92 Å². The van der Waals surface area contributed by atoms with Gasteiger partial charge in [0.2, 0.25) is 5.91 Å². The van der Waals surface area contributed by atoms with Crippen molar-refractivity contribution in [1.82, 2.24) is 10.6 Å². The number of hydrogen-bond acceptors (Lipinski definition) is 3. The Labute approximate surface area is 125 Å². The summed E-state index contributed by atoms with van der Waals surface area (Å²) < 4.78 is 5.05. The first-order valence-corrected chi connectivity index (χ1v) is 7.45. The van der Waals surface area contributed by atoms with Crippen molar-refractivity contribution in [3.63, 3.8) is 0 Å². The summed E-state index contributed by atoms with van der Waals surface area (Å²) in [6.45, 7) is 2.09. The molecule has 1 aliphatic carbocycles. The van der Waals surface area contributed by atoms with Gasteiger partial charge in [0.15, 0.2) is 0 Å². The molecule has 0 bridgehead atoms. The number of ether oxygens (including phenoxy) is 1. The largest absolute Gasteiger partial charge is 0.413 e. The highest BCUT2D eigenvalue weighted by molar-refractivity contribution is 5.82. The van der Waals surface area contributed by atoms with Crippen molar-refractivity contribution >= 4 is 12.0 Å². The Bertz CT molecular complexity index is 476. The van der Waals surface area contributed by atoms with Crippen LogP contribution in [-0.2, 0) is 4.79 Å². The number of hydrogen-bond donors (Lipinski definition) is 2. The van der Waals surface area contributed by atoms with Gasteiger partial charge in [0.1, 0.15) is 12.3 Å². The lowest BCUT2D eigenvalue weighted by atomic mass is 9.86. The molecular weight excluding hydrogens is 268 g/mol. The summed E-state index contributed by atoms with van der Waals surface area (Å²) in [6, 6.07) is 8.98. The number of nitrogens with one attached hydrogen (secondary N) is 2. The van der Waals surface area contributed by atoms with Crippen LogP contribution in [0.3, 0.4) is 0 Å². The topological polar surface area (TPSA) is 67.4 Å². The molecule has 0 spiro atoms. The summed E-state index contributed by atoms with van der Waals surface area (Å²) in [5.41, 5.74) is 0. The molecule has 1 aromatic rings. The van der Waals surface area contributed by atoms with Crippen LogP contribution in [0.25, 0.3) is 0 Å². The van der Waals surface area contributed by atoms with Gasteiger partial charge in [-0.3, -0.25) is 4.79 Å². The monoisotopic (exact) mass is 290 g/mol. The summed E-state index contributed by atoms with van der Waals surface area (Å²) in [4.78, 5) is 23.4. The van der Waals surface area contributed by atoms with Gasteiger partial charge in [-0.1, -0.05) is 38.0 Å². The molecule has 0 aromatic heterocycles. The van der Waals surface area contributed by atoms with Crippen LogP contribution in [0.2, 0.25) is 0 Å². The van der Waals surface area contributed by atoms with Gasteiger partial charge in [-0.25, -0.2) is 4.79 Å². The number of carbonyl (C=O) groups excluding carboxylic acids is 2. The maximum atomic E-state index is 11.8. The first kappa shape index (κ1) is 15.4. The van der Waals surface area contributed by atoms with Crippen LogP contribution in [-0.4, -0.2) is 24.6 Å². The number of para-hydroxylation sites is 1. The number of benzene rings is 1. The molecule has 2 rings (SSSR count). The van der Waals surface area contributed by atoms with E-state index in [2.05, 4.69) is 17.6 Å². The van der Waals surface area contributed by atoms with Crippen molar-refractivity contribution in [2.45, 2.75) is 38.6 Å². The molecule has 1 fully saturated rings. The molecule has 1 saturated carbocycles. The van der Waals surface area contributed by atoms with E-state index in [1.54, 1.807) is 24.3 Å². The lowest BCUT2D eigenvalue weighted by Crippen LogP contribution is -2.46. The first-order chi connectivity index (χ1) is 10.1. The van der Waals surface area contributed by atoms with Crippen LogP contribution in [0.1, 0.15) is 32.6 Å². The average Bonchev–Trinajstić information content (AvgIpc) is 2.49. The van der Waals surface area contributed by atoms with E-state index in [4.69, 9.17) is 4.74 Å². The fourth-order valence-electron chi connectivity index (χ4n) is 2.57. The fourth-order valence-corrected chi connectivity index (χ4v) is 2.57. The summed E-state index contributed by atoms with van der Waals surface area (Å²) in [7, 11) is 0.